The van der Waals surface area contributed by atoms with Gasteiger partial charge in [-0.1, -0.05) is 24.6 Å². The number of piperidine rings is 1. The van der Waals surface area contributed by atoms with Crippen LogP contribution in [-0.2, 0) is 11.2 Å². The Bertz CT molecular complexity index is 1140. The lowest BCUT2D eigenvalue weighted by atomic mass is 10.0. The minimum absolute atomic E-state index is 0.0841. The molecule has 0 bridgehead atoms. The number of aromatic nitrogens is 2. The summed E-state index contributed by atoms with van der Waals surface area (Å²) in [6, 6.07) is 16.6. The number of nitrogens with one attached hydrogen (secondary N) is 1. The Morgan fingerprint density at radius 2 is 1.97 bits per heavy atom. The Morgan fingerprint density at radius 1 is 1.11 bits per heavy atom. The summed E-state index contributed by atoms with van der Waals surface area (Å²) in [5.74, 6) is 1.56. The number of hydrogen-bond donors (Lipinski definition) is 1. The molecule has 7 heteroatoms. The van der Waals surface area contributed by atoms with Gasteiger partial charge < -0.3 is 19.7 Å². The lowest BCUT2D eigenvalue weighted by molar-refractivity contribution is -0.121. The standard InChI is InChI=1S/C28H34N4O3/c1-21-8-5-6-16-31(21)17-7-15-29-27(33)14-12-23-19-32(24-9-3-2-4-10-24)30-28(23)22-11-13-25-26(18-22)35-20-34-25/h2-4,9-11,13,18-19,21H,5-8,12,14-17,20H2,1H3,(H,29,33). The van der Waals surface area contributed by atoms with E-state index >= 15 is 0 Å². The molecule has 1 fully saturated rings. The maximum atomic E-state index is 12.6. The molecule has 3 aromatic rings. The number of hydrogen-bond acceptors (Lipinski definition) is 5. The van der Waals surface area contributed by atoms with Gasteiger partial charge in [-0.3, -0.25) is 4.79 Å². The minimum atomic E-state index is 0.0841. The number of ether oxygens (including phenoxy) is 2. The number of rotatable bonds is 9. The first-order valence-electron chi connectivity index (χ1n) is 12.7. The summed E-state index contributed by atoms with van der Waals surface area (Å²) >= 11 is 0. The van der Waals surface area contributed by atoms with Gasteiger partial charge in [-0.25, -0.2) is 4.68 Å². The van der Waals surface area contributed by atoms with Crippen LogP contribution in [0.3, 0.4) is 0 Å². The van der Waals surface area contributed by atoms with E-state index in [1.165, 1.54) is 25.8 Å². The van der Waals surface area contributed by atoms with Crippen molar-refractivity contribution in [3.05, 3.63) is 60.3 Å². The third-order valence-electron chi connectivity index (χ3n) is 6.96. The summed E-state index contributed by atoms with van der Waals surface area (Å²) in [6.07, 6.45) is 7.98. The van der Waals surface area contributed by atoms with E-state index in [1.54, 1.807) is 0 Å². The number of aryl methyl sites for hydroxylation is 1. The van der Waals surface area contributed by atoms with Crippen LogP contribution in [0.4, 0.5) is 0 Å². The van der Waals surface area contributed by atoms with Crippen LogP contribution in [0, 0.1) is 0 Å². The summed E-state index contributed by atoms with van der Waals surface area (Å²) in [6.45, 7) is 5.51. The molecule has 0 aliphatic carbocycles. The van der Waals surface area contributed by atoms with Gasteiger partial charge in [0, 0.05) is 37.3 Å². The van der Waals surface area contributed by atoms with Crippen molar-refractivity contribution in [2.75, 3.05) is 26.4 Å². The fourth-order valence-corrected chi connectivity index (χ4v) is 4.93. The average molecular weight is 475 g/mol. The molecule has 0 radical (unpaired) electrons. The Kier molecular flexibility index (Phi) is 7.33. The number of carbonyl (C=O) groups is 1. The summed E-state index contributed by atoms with van der Waals surface area (Å²) in [4.78, 5) is 15.2. The van der Waals surface area contributed by atoms with Crippen molar-refractivity contribution in [2.45, 2.75) is 51.5 Å². The second kappa shape index (κ2) is 11.0. The summed E-state index contributed by atoms with van der Waals surface area (Å²) < 4.78 is 12.9. The Hall–Kier alpha value is -3.32. The van der Waals surface area contributed by atoms with E-state index in [0.29, 0.717) is 18.9 Å². The van der Waals surface area contributed by atoms with Crippen molar-refractivity contribution in [1.29, 1.82) is 0 Å². The van der Waals surface area contributed by atoms with Crippen LogP contribution in [0.25, 0.3) is 16.9 Å². The predicted molar refractivity (Wildman–Crippen MR) is 136 cm³/mol. The quantitative estimate of drug-likeness (QED) is 0.460. The molecular weight excluding hydrogens is 440 g/mol. The SMILES string of the molecule is CC1CCCCN1CCCNC(=O)CCc1cn(-c2ccccc2)nc1-c1ccc2c(c1)OCO2. The molecule has 1 atom stereocenters. The van der Waals surface area contributed by atoms with Gasteiger partial charge in [0.1, 0.15) is 0 Å². The number of amides is 1. The minimum Gasteiger partial charge on any atom is -0.454 e. The van der Waals surface area contributed by atoms with Crippen molar-refractivity contribution in [3.63, 3.8) is 0 Å². The summed E-state index contributed by atoms with van der Waals surface area (Å²) in [5, 5.41) is 7.98. The summed E-state index contributed by atoms with van der Waals surface area (Å²) in [7, 11) is 0. The third kappa shape index (κ3) is 5.68. The highest BCUT2D eigenvalue weighted by atomic mass is 16.7. The first-order chi connectivity index (χ1) is 17.2. The topological polar surface area (TPSA) is 68.6 Å². The largest absolute Gasteiger partial charge is 0.454 e. The van der Waals surface area contributed by atoms with Gasteiger partial charge in [0.25, 0.3) is 0 Å². The molecule has 5 rings (SSSR count). The van der Waals surface area contributed by atoms with E-state index in [2.05, 4.69) is 17.1 Å². The molecule has 2 aliphatic rings. The van der Waals surface area contributed by atoms with Crippen LogP contribution in [0.15, 0.2) is 54.7 Å². The average Bonchev–Trinajstić information content (AvgIpc) is 3.53. The second-order valence-corrected chi connectivity index (χ2v) is 9.44. The van der Waals surface area contributed by atoms with E-state index in [0.717, 1.165) is 53.5 Å². The van der Waals surface area contributed by atoms with Gasteiger partial charge in [-0.15, -0.1) is 0 Å². The van der Waals surface area contributed by atoms with Crippen molar-refractivity contribution in [3.8, 4) is 28.4 Å². The molecular formula is C28H34N4O3. The first kappa shape index (κ1) is 23.4. The van der Waals surface area contributed by atoms with Crippen molar-refractivity contribution in [1.82, 2.24) is 20.0 Å². The van der Waals surface area contributed by atoms with Gasteiger partial charge in [0.15, 0.2) is 11.5 Å². The van der Waals surface area contributed by atoms with Gasteiger partial charge in [-0.05, 0) is 75.0 Å². The van der Waals surface area contributed by atoms with Gasteiger partial charge in [-0.2, -0.15) is 5.10 Å². The molecule has 1 saturated heterocycles. The first-order valence-corrected chi connectivity index (χ1v) is 12.7. The molecule has 1 N–H and O–H groups in total. The second-order valence-electron chi connectivity index (χ2n) is 9.44. The normalized spacial score (nSPS) is 17.5. The number of fused-ring (bicyclic) bond motifs is 1. The van der Waals surface area contributed by atoms with Crippen LogP contribution < -0.4 is 14.8 Å². The van der Waals surface area contributed by atoms with E-state index in [4.69, 9.17) is 14.6 Å². The van der Waals surface area contributed by atoms with Crippen LogP contribution in [0.2, 0.25) is 0 Å². The highest BCUT2D eigenvalue weighted by Gasteiger charge is 2.19. The maximum absolute atomic E-state index is 12.6. The Morgan fingerprint density at radius 3 is 2.83 bits per heavy atom. The van der Waals surface area contributed by atoms with Crippen LogP contribution in [0.1, 0.15) is 44.6 Å². The monoisotopic (exact) mass is 474 g/mol. The number of para-hydroxylation sites is 1. The van der Waals surface area contributed by atoms with E-state index in [-0.39, 0.29) is 12.7 Å². The van der Waals surface area contributed by atoms with E-state index in [9.17, 15) is 4.79 Å². The molecule has 1 aromatic heterocycles. The number of likely N-dealkylation sites (tertiary alicyclic amines) is 1. The number of nitrogens with zero attached hydrogens (tertiary/aromatic N) is 3. The fraction of sp³-hybridized carbons (Fsp3) is 0.429. The zero-order valence-corrected chi connectivity index (χ0v) is 20.4. The molecule has 35 heavy (non-hydrogen) atoms. The van der Waals surface area contributed by atoms with Crippen molar-refractivity contribution < 1.29 is 14.3 Å². The third-order valence-corrected chi connectivity index (χ3v) is 6.96. The maximum Gasteiger partial charge on any atom is 0.231 e. The molecule has 7 nitrogen and oxygen atoms in total. The molecule has 0 spiro atoms. The zero-order chi connectivity index (χ0) is 24.0. The molecule has 1 unspecified atom stereocenters. The van der Waals surface area contributed by atoms with Crippen molar-refractivity contribution in [2.24, 2.45) is 0 Å². The Labute approximate surface area is 207 Å². The molecule has 3 heterocycles. The number of carbonyl (C=O) groups excluding carboxylic acids is 1. The molecule has 2 aromatic carbocycles. The smallest absolute Gasteiger partial charge is 0.231 e. The fourth-order valence-electron chi connectivity index (χ4n) is 4.93. The Balaban J connectivity index is 1.23. The lowest BCUT2D eigenvalue weighted by Crippen LogP contribution is -2.39. The molecule has 1 amide bonds. The van der Waals surface area contributed by atoms with Gasteiger partial charge in [0.2, 0.25) is 12.7 Å². The molecule has 2 aliphatic heterocycles. The van der Waals surface area contributed by atoms with Crippen LogP contribution in [-0.4, -0.2) is 53.1 Å². The molecule has 184 valence electrons. The van der Waals surface area contributed by atoms with Crippen LogP contribution in [0.5, 0.6) is 11.5 Å². The zero-order valence-electron chi connectivity index (χ0n) is 20.4. The highest BCUT2D eigenvalue weighted by Crippen LogP contribution is 2.36. The van der Waals surface area contributed by atoms with Crippen LogP contribution >= 0.6 is 0 Å². The van der Waals surface area contributed by atoms with Gasteiger partial charge >= 0.3 is 0 Å². The predicted octanol–water partition coefficient (Wildman–Crippen LogP) is 4.58. The lowest BCUT2D eigenvalue weighted by Gasteiger charge is -2.33. The molecule has 0 saturated carbocycles. The van der Waals surface area contributed by atoms with Crippen molar-refractivity contribution >= 4 is 5.91 Å². The van der Waals surface area contributed by atoms with E-state index < -0.39 is 0 Å². The van der Waals surface area contributed by atoms with E-state index in [1.807, 2.05) is 59.4 Å². The summed E-state index contributed by atoms with van der Waals surface area (Å²) in [5.41, 5.74) is 3.83. The highest BCUT2D eigenvalue weighted by molar-refractivity contribution is 5.77. The number of benzene rings is 2. The van der Waals surface area contributed by atoms with Gasteiger partial charge in [0.05, 0.1) is 11.4 Å².